The lowest BCUT2D eigenvalue weighted by molar-refractivity contribution is -0.183. The van der Waals surface area contributed by atoms with Crippen molar-refractivity contribution in [3.8, 4) is 16.9 Å². The van der Waals surface area contributed by atoms with Crippen LogP contribution >= 0.6 is 0 Å². The van der Waals surface area contributed by atoms with Gasteiger partial charge in [-0.3, -0.25) is 14.4 Å². The van der Waals surface area contributed by atoms with Crippen LogP contribution in [0.1, 0.15) is 87.9 Å². The summed E-state index contributed by atoms with van der Waals surface area (Å²) in [5.41, 5.74) is 6.66. The van der Waals surface area contributed by atoms with Gasteiger partial charge in [0, 0.05) is 60.5 Å². The van der Waals surface area contributed by atoms with Crippen LogP contribution in [-0.2, 0) is 29.0 Å². The summed E-state index contributed by atoms with van der Waals surface area (Å²) in [6, 6.07) is 31.9. The molecule has 2 amide bonds. The Kier molecular flexibility index (Phi) is 15.2. The molecule has 1 saturated heterocycles. The molecule has 4 aromatic carbocycles. The van der Waals surface area contributed by atoms with E-state index in [9.17, 15) is 14.7 Å². The number of amides is 2. The summed E-state index contributed by atoms with van der Waals surface area (Å²) in [4.78, 5) is 37.7. The number of hydroxylamine groups is 2. The van der Waals surface area contributed by atoms with E-state index in [1.807, 2.05) is 73.6 Å². The van der Waals surface area contributed by atoms with Crippen LogP contribution in [0.25, 0.3) is 11.1 Å². The first-order chi connectivity index (χ1) is 30.7. The standard InChI is InChI=1S/C54H73N5O5/c1-34(2)25-43(26-38-19-14-11-15-20-38)56-52(61)41-27-40(28-44(29-41)58(7)8)45-22-16-21-39(51(45)63-9)32-59-50(53(62)57-47-31-42-30-46(35(47)3)54(42,5)6)49(48(33-60)64-59)36(4)55-24-23-37-17-12-10-13-18-37/h10-22,27-29,34-36,42-43,46-50,55,60H,23-26,30-33H2,1-9H3,(H,56,61)(H,57,62)/t35-,36-,42-,43+,46-,47-,48-,49+,50-/m0/s1. The minimum Gasteiger partial charge on any atom is -0.496 e. The monoisotopic (exact) mass is 872 g/mol. The molecule has 0 aromatic heterocycles. The molecule has 0 unspecified atom stereocenters. The van der Waals surface area contributed by atoms with Crippen LogP contribution in [0.15, 0.2) is 97.1 Å². The Morgan fingerprint density at radius 3 is 2.27 bits per heavy atom. The van der Waals surface area contributed by atoms with Crippen LogP contribution in [0.3, 0.4) is 0 Å². The fraction of sp³-hybridized carbons (Fsp3) is 0.519. The summed E-state index contributed by atoms with van der Waals surface area (Å²) in [7, 11) is 5.62. The Hall–Kier alpha value is -4.74. The Labute approximate surface area is 382 Å². The van der Waals surface area contributed by atoms with Crippen molar-refractivity contribution in [1.29, 1.82) is 0 Å². The van der Waals surface area contributed by atoms with Crippen molar-refractivity contribution in [2.45, 2.75) is 110 Å². The van der Waals surface area contributed by atoms with Crippen LogP contribution in [0.5, 0.6) is 5.75 Å². The second-order valence-corrected chi connectivity index (χ2v) is 20.1. The van der Waals surface area contributed by atoms with Crippen LogP contribution in [0, 0.1) is 35.0 Å². The topological polar surface area (TPSA) is 115 Å². The van der Waals surface area contributed by atoms with Crippen LogP contribution in [0.4, 0.5) is 5.69 Å². The van der Waals surface area contributed by atoms with Crippen LogP contribution in [-0.4, -0.2) is 86.6 Å². The smallest absolute Gasteiger partial charge is 0.251 e. The van der Waals surface area contributed by atoms with Gasteiger partial charge in [-0.05, 0) is 110 Å². The van der Waals surface area contributed by atoms with E-state index >= 15 is 0 Å². The molecule has 3 saturated carbocycles. The third-order valence-electron chi connectivity index (χ3n) is 14.9. The fourth-order valence-electron chi connectivity index (χ4n) is 11.2. The fourth-order valence-corrected chi connectivity index (χ4v) is 11.2. The van der Waals surface area contributed by atoms with Gasteiger partial charge in [0.1, 0.15) is 17.9 Å². The molecule has 0 spiro atoms. The van der Waals surface area contributed by atoms with Gasteiger partial charge in [0.25, 0.3) is 5.91 Å². The molecule has 3 aliphatic carbocycles. The van der Waals surface area contributed by atoms with Crippen molar-refractivity contribution in [3.63, 3.8) is 0 Å². The van der Waals surface area contributed by atoms with E-state index in [1.165, 1.54) is 17.5 Å². The van der Waals surface area contributed by atoms with E-state index in [4.69, 9.17) is 9.57 Å². The summed E-state index contributed by atoms with van der Waals surface area (Å²) in [6.45, 7) is 14.3. The number of methoxy groups -OCH3 is 1. The summed E-state index contributed by atoms with van der Waals surface area (Å²) in [5.74, 6) is 2.05. The summed E-state index contributed by atoms with van der Waals surface area (Å²) < 4.78 is 6.25. The van der Waals surface area contributed by atoms with E-state index in [1.54, 1.807) is 12.2 Å². The summed E-state index contributed by atoms with van der Waals surface area (Å²) in [6.07, 6.45) is 4.04. The molecular weight excluding hydrogens is 799 g/mol. The first kappa shape index (κ1) is 47.2. The second kappa shape index (κ2) is 20.6. The molecule has 1 aliphatic heterocycles. The maximum absolute atomic E-state index is 14.9. The van der Waals surface area contributed by atoms with E-state index in [0.29, 0.717) is 40.4 Å². The van der Waals surface area contributed by atoms with Crippen LogP contribution < -0.4 is 25.6 Å². The average Bonchev–Trinajstić information content (AvgIpc) is 3.65. The summed E-state index contributed by atoms with van der Waals surface area (Å²) in [5, 5.41) is 23.3. The van der Waals surface area contributed by atoms with Gasteiger partial charge in [-0.1, -0.05) is 113 Å². The lowest BCUT2D eigenvalue weighted by Crippen LogP contribution is -2.62. The zero-order chi connectivity index (χ0) is 45.7. The predicted molar refractivity (Wildman–Crippen MR) is 257 cm³/mol. The number of benzene rings is 4. The van der Waals surface area contributed by atoms with Gasteiger partial charge in [0.05, 0.1) is 20.3 Å². The number of anilines is 1. The minimum atomic E-state index is -0.676. The van der Waals surface area contributed by atoms with Crippen molar-refractivity contribution in [2.24, 2.45) is 35.0 Å². The largest absolute Gasteiger partial charge is 0.496 e. The Bertz CT molecular complexity index is 2180. The third kappa shape index (κ3) is 10.5. The zero-order valence-electron chi connectivity index (χ0n) is 39.6. The molecule has 64 heavy (non-hydrogen) atoms. The number of aliphatic hydroxyl groups excluding tert-OH is 1. The normalized spacial score (nSPS) is 24.7. The number of hydrogen-bond donors (Lipinski definition) is 4. The van der Waals surface area contributed by atoms with Gasteiger partial charge in [-0.2, -0.15) is 5.06 Å². The zero-order valence-corrected chi connectivity index (χ0v) is 39.6. The molecule has 4 aromatic rings. The van der Waals surface area contributed by atoms with E-state index < -0.39 is 12.1 Å². The maximum atomic E-state index is 14.9. The Morgan fingerprint density at radius 1 is 0.938 bits per heavy atom. The molecule has 344 valence electrons. The maximum Gasteiger partial charge on any atom is 0.251 e. The number of para-hydroxylation sites is 1. The van der Waals surface area contributed by atoms with Gasteiger partial charge in [-0.25, -0.2) is 0 Å². The molecule has 4 aliphatic rings. The number of nitrogens with one attached hydrogen (secondary N) is 3. The molecule has 4 N–H and O–H groups in total. The van der Waals surface area contributed by atoms with Crippen molar-refractivity contribution in [2.75, 3.05) is 39.3 Å². The number of ether oxygens (including phenoxy) is 1. The SMILES string of the molecule is COc1c(CN2O[C@@H](CO)[C@@H]([C@H](C)NCCc3ccccc3)[C@H]2C(=O)N[C@H]2C[C@@H]3C[C@@H]([C@@H]2C)C3(C)C)cccc1-c1cc(C(=O)N[C@@H](Cc2ccccc2)CC(C)C)cc(N(C)C)c1. The van der Waals surface area contributed by atoms with Gasteiger partial charge in [0.2, 0.25) is 5.91 Å². The quantitative estimate of drug-likeness (QED) is 0.0745. The highest BCUT2D eigenvalue weighted by atomic mass is 16.7. The molecular formula is C54H73N5O5. The lowest BCUT2D eigenvalue weighted by atomic mass is 9.45. The van der Waals surface area contributed by atoms with Crippen molar-refractivity contribution in [3.05, 3.63) is 119 Å². The number of carbonyl (C=O) groups is 2. The molecule has 10 heteroatoms. The molecule has 1 heterocycles. The van der Waals surface area contributed by atoms with Crippen molar-refractivity contribution in [1.82, 2.24) is 21.0 Å². The third-order valence-corrected chi connectivity index (χ3v) is 14.9. The van der Waals surface area contributed by atoms with Crippen LogP contribution in [0.2, 0.25) is 0 Å². The molecule has 10 nitrogen and oxygen atoms in total. The highest BCUT2D eigenvalue weighted by Crippen LogP contribution is 2.61. The molecule has 2 bridgehead atoms. The Morgan fingerprint density at radius 2 is 1.64 bits per heavy atom. The second-order valence-electron chi connectivity index (χ2n) is 20.1. The van der Waals surface area contributed by atoms with E-state index in [2.05, 4.69) is 100.0 Å². The number of nitrogens with zero attached hydrogens (tertiary/aromatic N) is 2. The summed E-state index contributed by atoms with van der Waals surface area (Å²) >= 11 is 0. The average molecular weight is 872 g/mol. The van der Waals surface area contributed by atoms with Gasteiger partial charge >= 0.3 is 0 Å². The molecule has 8 rings (SSSR count). The highest BCUT2D eigenvalue weighted by Gasteiger charge is 2.57. The number of rotatable bonds is 19. The first-order valence-electron chi connectivity index (χ1n) is 23.6. The van der Waals surface area contributed by atoms with E-state index in [-0.39, 0.29) is 49.0 Å². The van der Waals surface area contributed by atoms with Gasteiger partial charge in [0.15, 0.2) is 0 Å². The number of hydrogen-bond acceptors (Lipinski definition) is 8. The first-order valence-corrected chi connectivity index (χ1v) is 23.6. The number of aliphatic hydroxyl groups is 1. The lowest BCUT2D eigenvalue weighted by Gasteiger charge is -2.62. The van der Waals surface area contributed by atoms with Gasteiger partial charge < -0.3 is 30.7 Å². The highest BCUT2D eigenvalue weighted by molar-refractivity contribution is 5.97. The molecule has 0 radical (unpaired) electrons. The molecule has 9 atom stereocenters. The number of carbonyl (C=O) groups excluding carboxylic acids is 2. The predicted octanol–water partition coefficient (Wildman–Crippen LogP) is 8.32. The van der Waals surface area contributed by atoms with Gasteiger partial charge in [-0.15, -0.1) is 0 Å². The van der Waals surface area contributed by atoms with Crippen molar-refractivity contribution >= 4 is 17.5 Å². The molecule has 4 fully saturated rings. The van der Waals surface area contributed by atoms with Crippen molar-refractivity contribution < 1.29 is 24.3 Å². The van der Waals surface area contributed by atoms with E-state index in [0.717, 1.165) is 54.6 Å². The minimum absolute atomic E-state index is 0.0305. The Balaban J connectivity index is 1.17. The number of fused-ring (bicyclic) bond motifs is 2.